The number of para-hydroxylation sites is 1. The largest absolute Gasteiger partial charge is 0.484 e. The minimum atomic E-state index is -2.19. The van der Waals surface area contributed by atoms with Crippen molar-refractivity contribution in [3.05, 3.63) is 103 Å². The predicted octanol–water partition coefficient (Wildman–Crippen LogP) is 4.53. The Bertz CT molecular complexity index is 2110. The molecule has 1 amide bonds. The molecule has 6 atom stereocenters. The quantitative estimate of drug-likeness (QED) is 0.0866. The summed E-state index contributed by atoms with van der Waals surface area (Å²) in [6.07, 6.45) is 2.46. The van der Waals surface area contributed by atoms with E-state index < -0.39 is 40.9 Å². The van der Waals surface area contributed by atoms with Gasteiger partial charge in [-0.3, -0.25) is 14.7 Å². The molecule has 0 spiro atoms. The van der Waals surface area contributed by atoms with Crippen molar-refractivity contribution in [3.63, 3.8) is 0 Å². The van der Waals surface area contributed by atoms with Crippen LogP contribution in [0.5, 0.6) is 5.75 Å². The molecule has 2 N–H and O–H groups in total. The lowest BCUT2D eigenvalue weighted by atomic mass is 10.1. The van der Waals surface area contributed by atoms with Crippen LogP contribution in [-0.2, 0) is 29.9 Å². The van der Waals surface area contributed by atoms with Gasteiger partial charge in [-0.05, 0) is 31.0 Å². The molecular formula is C40H44N7O7PSi. The molecule has 0 saturated carbocycles. The number of carbonyl (C=O) groups excluding carboxylic acids is 1. The van der Waals surface area contributed by atoms with Crippen LogP contribution in [0, 0.1) is 11.3 Å². The van der Waals surface area contributed by atoms with E-state index in [0.29, 0.717) is 29.0 Å². The summed E-state index contributed by atoms with van der Waals surface area (Å²) in [4.78, 5) is 26.6. The third kappa shape index (κ3) is 8.11. The number of aliphatic hydroxyl groups excluding tert-OH is 1. The highest BCUT2D eigenvalue weighted by Gasteiger charge is 2.52. The van der Waals surface area contributed by atoms with Crippen LogP contribution in [0.15, 0.2) is 97.3 Å². The molecule has 0 bridgehead atoms. The molecular weight excluding hydrogens is 750 g/mol. The number of fused-ring (bicyclic) bond motifs is 2. The lowest BCUT2D eigenvalue weighted by molar-refractivity contribution is -0.118. The first kappa shape index (κ1) is 38.3. The number of rotatable bonds is 15. The molecule has 3 fully saturated rings. The van der Waals surface area contributed by atoms with Crippen molar-refractivity contribution < 1.29 is 33.2 Å². The number of amides is 1. The number of aromatic nitrogens is 4. The number of benzene rings is 3. The number of nitrogens with one attached hydrogen (secondary N) is 1. The van der Waals surface area contributed by atoms with Gasteiger partial charge in [0.2, 0.25) is 5.95 Å². The van der Waals surface area contributed by atoms with E-state index in [4.69, 9.17) is 28.5 Å². The second-order valence-corrected chi connectivity index (χ2v) is 20.0. The van der Waals surface area contributed by atoms with Gasteiger partial charge in [-0.25, -0.2) is 14.6 Å². The van der Waals surface area contributed by atoms with Crippen molar-refractivity contribution in [3.8, 4) is 11.8 Å². The summed E-state index contributed by atoms with van der Waals surface area (Å²) in [5.41, 5.74) is 1.22. The highest BCUT2D eigenvalue weighted by molar-refractivity contribution is 7.45. The Balaban J connectivity index is 1.00. The van der Waals surface area contributed by atoms with Gasteiger partial charge in [-0.15, -0.1) is 0 Å². The SMILES string of the molecule is C[Si](C[C@H]1O[P@](O[C@@H]2C[C@H](n3cnc4c(COCC#N)nc(NC(=O)COc5ccccc5)nc43)O[C@@H]2CO)N2CCC[C@@H]12)(c1ccccc1)c1ccccc1. The molecule has 14 nitrogen and oxygen atoms in total. The van der Waals surface area contributed by atoms with Crippen molar-refractivity contribution in [2.75, 3.05) is 31.7 Å². The van der Waals surface area contributed by atoms with Gasteiger partial charge in [0, 0.05) is 19.0 Å². The summed E-state index contributed by atoms with van der Waals surface area (Å²) in [7, 11) is -3.60. The first-order valence-corrected chi connectivity index (χ1v) is 22.7. The van der Waals surface area contributed by atoms with Gasteiger partial charge in [0.15, 0.2) is 12.3 Å². The fraction of sp³-hybridized carbons (Fsp3) is 0.375. The molecule has 8 rings (SSSR count). The standard InChI is InChI=1S/C40H44N7O7PSi/c1-56(29-14-7-3-8-15-29,30-16-9-4-10-17-30)26-35-32-18-11-20-47(32)55(54-35)53-33-22-37(52-34(33)23-48)46-27-42-38-31(24-50-21-19-41)43-40(45-39(38)46)44-36(49)25-51-28-12-5-2-6-13-28/h2-10,12-17,27,32-35,37,48H,11,18,20-26H2,1H3,(H,43,44,45,49)/t32-,33+,34+,35+,37+,55-/m0/s1. The molecule has 290 valence electrons. The number of nitrogens with zero attached hydrogens (tertiary/aromatic N) is 6. The third-order valence-corrected chi connectivity index (χ3v) is 17.0. The maximum Gasteiger partial charge on any atom is 0.264 e. The van der Waals surface area contributed by atoms with E-state index in [0.717, 1.165) is 25.4 Å². The number of carbonyl (C=O) groups is 1. The molecule has 2 aromatic heterocycles. The molecule has 16 heteroatoms. The predicted molar refractivity (Wildman–Crippen MR) is 212 cm³/mol. The molecule has 0 unspecified atom stereocenters. The minimum Gasteiger partial charge on any atom is -0.484 e. The Morgan fingerprint density at radius 1 is 1.04 bits per heavy atom. The molecule has 5 aromatic rings. The third-order valence-electron chi connectivity index (χ3n) is 10.7. The van der Waals surface area contributed by atoms with Gasteiger partial charge in [0.05, 0.1) is 43.5 Å². The molecule has 3 aromatic carbocycles. The fourth-order valence-electron chi connectivity index (χ4n) is 7.90. The topological polar surface area (TPSA) is 166 Å². The maximum atomic E-state index is 12.9. The zero-order valence-corrected chi connectivity index (χ0v) is 32.9. The van der Waals surface area contributed by atoms with Crippen molar-refractivity contribution in [2.24, 2.45) is 0 Å². The van der Waals surface area contributed by atoms with Gasteiger partial charge in [-0.2, -0.15) is 10.2 Å². The van der Waals surface area contributed by atoms with Crippen molar-refractivity contribution in [2.45, 2.75) is 69.0 Å². The monoisotopic (exact) mass is 793 g/mol. The van der Waals surface area contributed by atoms with Crippen LogP contribution in [0.3, 0.4) is 0 Å². The highest BCUT2D eigenvalue weighted by Crippen LogP contribution is 2.58. The van der Waals surface area contributed by atoms with E-state index in [9.17, 15) is 9.90 Å². The number of hydrogen-bond donors (Lipinski definition) is 2. The van der Waals surface area contributed by atoms with Gasteiger partial charge in [0.25, 0.3) is 14.4 Å². The number of hydrogen-bond acceptors (Lipinski definition) is 12. The second-order valence-electron chi connectivity index (χ2n) is 14.3. The van der Waals surface area contributed by atoms with Gasteiger partial charge in [0.1, 0.15) is 38.3 Å². The summed E-state index contributed by atoms with van der Waals surface area (Å²) in [5.74, 6) is 0.120. The Kier molecular flexibility index (Phi) is 11.8. The van der Waals surface area contributed by atoms with E-state index in [1.807, 2.05) is 24.3 Å². The van der Waals surface area contributed by atoms with Crippen LogP contribution >= 0.6 is 8.53 Å². The maximum absolute atomic E-state index is 12.9. The van der Waals surface area contributed by atoms with Crippen LogP contribution in [0.1, 0.15) is 31.2 Å². The normalized spacial score (nSPS) is 23.6. The van der Waals surface area contributed by atoms with E-state index in [1.165, 1.54) is 10.4 Å². The second kappa shape index (κ2) is 17.3. The lowest BCUT2D eigenvalue weighted by Gasteiger charge is -2.32. The number of aliphatic hydroxyl groups is 1. The van der Waals surface area contributed by atoms with Crippen molar-refractivity contribution in [1.82, 2.24) is 24.2 Å². The summed E-state index contributed by atoms with van der Waals surface area (Å²) < 4.78 is 35.4. The number of imidazole rings is 1. The Hall–Kier alpha value is -4.62. The van der Waals surface area contributed by atoms with Crippen LogP contribution in [0.25, 0.3) is 11.2 Å². The molecule has 3 saturated heterocycles. The van der Waals surface area contributed by atoms with Crippen LogP contribution < -0.4 is 20.4 Å². The summed E-state index contributed by atoms with van der Waals surface area (Å²) >= 11 is 0. The van der Waals surface area contributed by atoms with Crippen molar-refractivity contribution in [1.29, 1.82) is 5.26 Å². The highest BCUT2D eigenvalue weighted by atomic mass is 31.2. The fourth-order valence-corrected chi connectivity index (χ4v) is 13.9. The van der Waals surface area contributed by atoms with E-state index in [2.05, 4.69) is 92.1 Å². The van der Waals surface area contributed by atoms with Crippen LogP contribution in [-0.4, -0.2) is 94.0 Å². The first-order chi connectivity index (χ1) is 27.4. The van der Waals surface area contributed by atoms with Gasteiger partial charge < -0.3 is 28.4 Å². The van der Waals surface area contributed by atoms with Gasteiger partial charge in [-0.1, -0.05) is 95.8 Å². The molecule has 56 heavy (non-hydrogen) atoms. The number of anilines is 1. The van der Waals surface area contributed by atoms with E-state index in [1.54, 1.807) is 23.0 Å². The summed E-state index contributed by atoms with van der Waals surface area (Å²) in [6.45, 7) is 2.66. The summed E-state index contributed by atoms with van der Waals surface area (Å²) in [6, 6.07) is 33.8. The lowest BCUT2D eigenvalue weighted by Crippen LogP contribution is -2.58. The average Bonchev–Trinajstić information content (AvgIpc) is 4.04. The summed E-state index contributed by atoms with van der Waals surface area (Å²) in [5, 5.41) is 25.1. The number of nitriles is 1. The van der Waals surface area contributed by atoms with Crippen LogP contribution in [0.4, 0.5) is 5.95 Å². The molecule has 3 aliphatic heterocycles. The molecule has 0 aliphatic carbocycles. The van der Waals surface area contributed by atoms with Gasteiger partial charge >= 0.3 is 0 Å². The van der Waals surface area contributed by atoms with E-state index >= 15 is 0 Å². The smallest absolute Gasteiger partial charge is 0.264 e. The number of ether oxygens (including phenoxy) is 3. The van der Waals surface area contributed by atoms with Crippen LogP contribution in [0.2, 0.25) is 12.6 Å². The molecule has 0 radical (unpaired) electrons. The Morgan fingerprint density at radius 3 is 2.45 bits per heavy atom. The Morgan fingerprint density at radius 2 is 1.75 bits per heavy atom. The zero-order chi connectivity index (χ0) is 38.5. The van der Waals surface area contributed by atoms with Crippen molar-refractivity contribution >= 4 is 50.0 Å². The minimum absolute atomic E-state index is 0.00840. The first-order valence-electron chi connectivity index (χ1n) is 18.9. The Labute approximate surface area is 327 Å². The molecule has 3 aliphatic rings. The molecule has 5 heterocycles. The zero-order valence-electron chi connectivity index (χ0n) is 31.0. The van der Waals surface area contributed by atoms with E-state index in [-0.39, 0.29) is 44.5 Å². The average molecular weight is 794 g/mol.